The molecule has 0 saturated carbocycles. The molecule has 158 valence electrons. The van der Waals surface area contributed by atoms with Crippen LogP contribution in [-0.2, 0) is 0 Å². The number of rotatable bonds is 7. The van der Waals surface area contributed by atoms with Gasteiger partial charge in [0.15, 0.2) is 5.76 Å². The van der Waals surface area contributed by atoms with Crippen molar-refractivity contribution in [3.05, 3.63) is 94.4 Å². The second kappa shape index (κ2) is 9.06. The van der Waals surface area contributed by atoms with Crippen molar-refractivity contribution in [1.82, 2.24) is 4.98 Å². The van der Waals surface area contributed by atoms with E-state index in [-0.39, 0.29) is 17.7 Å². The molecule has 4 aromatic rings. The lowest BCUT2D eigenvalue weighted by molar-refractivity contribution is 0.0997. The van der Waals surface area contributed by atoms with Crippen LogP contribution in [0.1, 0.15) is 38.3 Å². The van der Waals surface area contributed by atoms with Gasteiger partial charge in [-0.2, -0.15) is 0 Å². The van der Waals surface area contributed by atoms with Crippen LogP contribution in [0.4, 0.5) is 10.8 Å². The Kier molecular flexibility index (Phi) is 6.04. The maximum Gasteiger partial charge on any atom is 0.291 e. The summed E-state index contributed by atoms with van der Waals surface area (Å²) < 4.78 is 10.7. The number of anilines is 2. The minimum absolute atomic E-state index is 0.249. The first kappa shape index (κ1) is 20.7. The minimum Gasteiger partial charge on any atom is -0.497 e. The summed E-state index contributed by atoms with van der Waals surface area (Å²) in [4.78, 5) is 18.3. The van der Waals surface area contributed by atoms with Crippen LogP contribution in [0.15, 0.2) is 71.3 Å². The van der Waals surface area contributed by atoms with Crippen LogP contribution < -0.4 is 15.4 Å². The highest BCUT2D eigenvalue weighted by atomic mass is 32.1. The summed E-state index contributed by atoms with van der Waals surface area (Å²) in [5.74, 6) is 1.49. The van der Waals surface area contributed by atoms with E-state index in [1.807, 2.05) is 56.3 Å². The number of thiophene rings is 1. The van der Waals surface area contributed by atoms with Crippen molar-refractivity contribution in [3.63, 3.8) is 0 Å². The first-order valence-electron chi connectivity index (χ1n) is 9.83. The zero-order chi connectivity index (χ0) is 21.8. The molecule has 31 heavy (non-hydrogen) atoms. The number of aromatic nitrogens is 1. The summed E-state index contributed by atoms with van der Waals surface area (Å²) in [6.07, 6.45) is 1.49. The second-order valence-electron chi connectivity index (χ2n) is 7.09. The minimum atomic E-state index is -0.286. The maximum absolute atomic E-state index is 12.6. The third-order valence-electron chi connectivity index (χ3n) is 4.77. The van der Waals surface area contributed by atoms with E-state index in [1.54, 1.807) is 19.2 Å². The number of hydrogen-bond acceptors (Lipinski definition) is 6. The van der Waals surface area contributed by atoms with Crippen LogP contribution in [0, 0.1) is 13.8 Å². The molecule has 7 heteroatoms. The number of nitrogens with zero attached hydrogens (tertiary/aromatic N) is 1. The number of nitrogens with one attached hydrogen (secondary N) is 2. The number of carbonyl (C=O) groups excluding carboxylic acids is 1. The zero-order valence-electron chi connectivity index (χ0n) is 17.5. The molecule has 0 bridgehead atoms. The van der Waals surface area contributed by atoms with Crippen LogP contribution in [0.25, 0.3) is 0 Å². The summed E-state index contributed by atoms with van der Waals surface area (Å²) in [5, 5.41) is 7.29. The molecule has 0 radical (unpaired) electrons. The fourth-order valence-corrected chi connectivity index (χ4v) is 4.30. The van der Waals surface area contributed by atoms with Gasteiger partial charge in [0.1, 0.15) is 16.6 Å². The van der Waals surface area contributed by atoms with Gasteiger partial charge in [-0.1, -0.05) is 18.2 Å². The Morgan fingerprint density at radius 3 is 2.68 bits per heavy atom. The molecule has 0 spiro atoms. The fraction of sp³-hybridized carbons (Fsp3) is 0.167. The lowest BCUT2D eigenvalue weighted by atomic mass is 9.99. The highest BCUT2D eigenvalue weighted by molar-refractivity contribution is 7.16. The Morgan fingerprint density at radius 2 is 1.94 bits per heavy atom. The van der Waals surface area contributed by atoms with Gasteiger partial charge in [-0.05, 0) is 61.9 Å². The van der Waals surface area contributed by atoms with Crippen molar-refractivity contribution in [2.75, 3.05) is 17.7 Å². The van der Waals surface area contributed by atoms with Crippen molar-refractivity contribution in [3.8, 4) is 5.75 Å². The van der Waals surface area contributed by atoms with Gasteiger partial charge in [-0.25, -0.2) is 4.98 Å². The molecule has 6 nitrogen and oxygen atoms in total. The van der Waals surface area contributed by atoms with Crippen LogP contribution in [0.3, 0.4) is 0 Å². The third kappa shape index (κ3) is 4.78. The van der Waals surface area contributed by atoms with Crippen LogP contribution in [0.5, 0.6) is 5.75 Å². The van der Waals surface area contributed by atoms with E-state index in [2.05, 4.69) is 21.7 Å². The number of hydrogen-bond donors (Lipinski definition) is 2. The first-order chi connectivity index (χ1) is 15.0. The quantitative estimate of drug-likeness (QED) is 0.384. The normalized spacial score (nSPS) is 11.7. The zero-order valence-corrected chi connectivity index (χ0v) is 18.3. The smallest absolute Gasteiger partial charge is 0.291 e. The maximum atomic E-state index is 12.6. The van der Waals surface area contributed by atoms with E-state index in [4.69, 9.17) is 9.15 Å². The highest BCUT2D eigenvalue weighted by Crippen LogP contribution is 2.38. The Morgan fingerprint density at radius 1 is 1.10 bits per heavy atom. The average Bonchev–Trinajstić information content (AvgIpc) is 3.42. The van der Waals surface area contributed by atoms with Gasteiger partial charge in [-0.15, -0.1) is 11.3 Å². The number of carbonyl (C=O) groups is 1. The summed E-state index contributed by atoms with van der Waals surface area (Å²) >= 11 is 1.52. The van der Waals surface area contributed by atoms with E-state index in [0.29, 0.717) is 0 Å². The Balaban J connectivity index is 1.75. The lowest BCUT2D eigenvalue weighted by Crippen LogP contribution is -2.17. The van der Waals surface area contributed by atoms with Gasteiger partial charge in [0.25, 0.3) is 5.91 Å². The molecule has 0 aliphatic carbocycles. The summed E-state index contributed by atoms with van der Waals surface area (Å²) in [7, 11) is 1.65. The largest absolute Gasteiger partial charge is 0.497 e. The predicted molar refractivity (Wildman–Crippen MR) is 123 cm³/mol. The number of methoxy groups -OCH3 is 1. The molecule has 0 saturated heterocycles. The molecule has 1 amide bonds. The molecule has 1 atom stereocenters. The Labute approximate surface area is 184 Å². The Hall–Kier alpha value is -3.58. The van der Waals surface area contributed by atoms with Crippen molar-refractivity contribution in [1.29, 1.82) is 0 Å². The molecule has 0 aliphatic heterocycles. The van der Waals surface area contributed by atoms with Crippen LogP contribution in [0.2, 0.25) is 0 Å². The van der Waals surface area contributed by atoms with Crippen molar-refractivity contribution >= 4 is 28.1 Å². The molecular weight excluding hydrogens is 410 g/mol. The number of benzene rings is 1. The van der Waals surface area contributed by atoms with Crippen molar-refractivity contribution < 1.29 is 13.9 Å². The molecule has 4 rings (SSSR count). The SMILES string of the molecule is COc1cccc([C@H](Nc2cccc(C)n2)c2cc(C)sc2NC(=O)c2ccco2)c1. The number of ether oxygens (including phenoxy) is 1. The van der Waals surface area contributed by atoms with Gasteiger partial charge in [-0.3, -0.25) is 4.79 Å². The molecule has 0 fully saturated rings. The van der Waals surface area contributed by atoms with Gasteiger partial charge in [0.05, 0.1) is 19.4 Å². The topological polar surface area (TPSA) is 76.4 Å². The fourth-order valence-electron chi connectivity index (χ4n) is 3.35. The van der Waals surface area contributed by atoms with E-state index in [9.17, 15) is 4.79 Å². The number of furan rings is 1. The predicted octanol–water partition coefficient (Wildman–Crippen LogP) is 5.82. The standard InChI is InChI=1S/C24H23N3O3S/c1-15-7-4-11-21(25-15)26-22(17-8-5-9-18(14-17)29-3)19-13-16(2)31-24(19)27-23(28)20-10-6-12-30-20/h4-14,22H,1-3H3,(H,25,26)(H,27,28)/t22-/m0/s1. The summed E-state index contributed by atoms with van der Waals surface area (Å²) in [6.45, 7) is 3.97. The third-order valence-corrected chi connectivity index (χ3v) is 5.76. The number of pyridine rings is 1. The van der Waals surface area contributed by atoms with Gasteiger partial charge in [0.2, 0.25) is 0 Å². The molecule has 0 unspecified atom stereocenters. The van der Waals surface area contributed by atoms with Gasteiger partial charge in [0, 0.05) is 16.1 Å². The molecule has 2 N–H and O–H groups in total. The second-order valence-corrected chi connectivity index (χ2v) is 8.35. The van der Waals surface area contributed by atoms with Gasteiger partial charge < -0.3 is 19.8 Å². The van der Waals surface area contributed by atoms with Crippen LogP contribution in [-0.4, -0.2) is 18.0 Å². The summed E-state index contributed by atoms with van der Waals surface area (Å²) in [6, 6.07) is 18.9. The van der Waals surface area contributed by atoms with Crippen molar-refractivity contribution in [2.45, 2.75) is 19.9 Å². The van der Waals surface area contributed by atoms with Crippen molar-refractivity contribution in [2.24, 2.45) is 0 Å². The first-order valence-corrected chi connectivity index (χ1v) is 10.6. The van der Waals surface area contributed by atoms with E-state index >= 15 is 0 Å². The molecule has 3 aromatic heterocycles. The van der Waals surface area contributed by atoms with Gasteiger partial charge >= 0.3 is 0 Å². The molecular formula is C24H23N3O3S. The van der Waals surface area contributed by atoms with E-state index in [0.717, 1.165) is 38.3 Å². The summed E-state index contributed by atoms with van der Waals surface area (Å²) in [5.41, 5.74) is 2.86. The van der Waals surface area contributed by atoms with Crippen LogP contribution >= 0.6 is 11.3 Å². The van der Waals surface area contributed by atoms with E-state index in [1.165, 1.54) is 17.6 Å². The average molecular weight is 434 g/mol. The highest BCUT2D eigenvalue weighted by Gasteiger charge is 2.23. The molecule has 3 heterocycles. The molecule has 0 aliphatic rings. The lowest BCUT2D eigenvalue weighted by Gasteiger charge is -2.21. The monoisotopic (exact) mass is 433 g/mol. The molecule has 1 aromatic carbocycles. The Bertz CT molecular complexity index is 1180. The van der Waals surface area contributed by atoms with E-state index < -0.39 is 0 Å². The number of aryl methyl sites for hydroxylation is 2. The number of amides is 1.